The van der Waals surface area contributed by atoms with Gasteiger partial charge in [0.25, 0.3) is 5.91 Å². The largest absolute Gasteiger partial charge is 0.378 e. The Kier molecular flexibility index (Phi) is 5.75. The molecular formula is C17H19ClN4O4. The van der Waals surface area contributed by atoms with Gasteiger partial charge in [0, 0.05) is 24.8 Å². The van der Waals surface area contributed by atoms with Gasteiger partial charge < -0.3 is 24.8 Å². The molecule has 2 aromatic rings. The number of aromatic nitrogens is 1. The molecule has 1 aromatic heterocycles. The van der Waals surface area contributed by atoms with Crippen molar-refractivity contribution in [1.82, 2.24) is 10.1 Å². The molecule has 26 heavy (non-hydrogen) atoms. The van der Waals surface area contributed by atoms with E-state index in [2.05, 4.69) is 15.8 Å². The lowest BCUT2D eigenvalue weighted by molar-refractivity contribution is -0.114. The molecule has 1 fully saturated rings. The van der Waals surface area contributed by atoms with E-state index in [1.54, 1.807) is 36.1 Å². The highest BCUT2D eigenvalue weighted by Gasteiger charge is 2.20. The van der Waals surface area contributed by atoms with Crippen LogP contribution in [0.3, 0.4) is 0 Å². The molecule has 8 nitrogen and oxygen atoms in total. The van der Waals surface area contributed by atoms with Crippen LogP contribution in [0.5, 0.6) is 0 Å². The molecule has 2 amide bonds. The van der Waals surface area contributed by atoms with Crippen molar-refractivity contribution < 1.29 is 18.8 Å². The van der Waals surface area contributed by atoms with Gasteiger partial charge in [0.15, 0.2) is 5.82 Å². The van der Waals surface area contributed by atoms with E-state index in [0.717, 1.165) is 0 Å². The Labute approximate surface area is 155 Å². The third-order valence-corrected chi connectivity index (χ3v) is 4.16. The monoisotopic (exact) mass is 378 g/mol. The van der Waals surface area contributed by atoms with Crippen molar-refractivity contribution in [3.05, 3.63) is 40.6 Å². The number of hydrogen-bond donors (Lipinski definition) is 2. The smallest absolute Gasteiger partial charge is 0.255 e. The summed E-state index contributed by atoms with van der Waals surface area (Å²) >= 11 is 6.25. The predicted octanol–water partition coefficient (Wildman–Crippen LogP) is 2.16. The zero-order valence-electron chi connectivity index (χ0n) is 14.3. The Bertz CT molecular complexity index is 802. The van der Waals surface area contributed by atoms with E-state index in [4.69, 9.17) is 20.9 Å². The molecule has 2 heterocycles. The van der Waals surface area contributed by atoms with Crippen LogP contribution in [0.2, 0.25) is 5.02 Å². The lowest BCUT2D eigenvalue weighted by Crippen LogP contribution is -2.40. The van der Waals surface area contributed by atoms with Gasteiger partial charge in [-0.25, -0.2) is 0 Å². The molecule has 0 aliphatic carbocycles. The Balaban J connectivity index is 1.56. The topological polar surface area (TPSA) is 96.7 Å². The lowest BCUT2D eigenvalue weighted by atomic mass is 10.1. The van der Waals surface area contributed by atoms with Crippen molar-refractivity contribution in [1.29, 1.82) is 0 Å². The van der Waals surface area contributed by atoms with Gasteiger partial charge in [0.1, 0.15) is 5.76 Å². The standard InChI is InChI=1S/C17H19ClN4O4/c1-11-8-15(21-26-11)20-16(23)10-19-12-2-3-13(14(18)9-12)17(24)22-4-6-25-7-5-22/h2-3,8-9,19H,4-7,10H2,1H3,(H,20,21,23). The van der Waals surface area contributed by atoms with Crippen LogP contribution < -0.4 is 10.6 Å². The van der Waals surface area contributed by atoms with E-state index < -0.39 is 0 Å². The minimum atomic E-state index is -0.275. The number of anilines is 2. The third-order valence-electron chi connectivity index (χ3n) is 3.85. The van der Waals surface area contributed by atoms with Crippen LogP contribution in [0.1, 0.15) is 16.1 Å². The number of morpholine rings is 1. The summed E-state index contributed by atoms with van der Waals surface area (Å²) in [6.45, 7) is 3.93. The highest BCUT2D eigenvalue weighted by atomic mass is 35.5. The molecule has 9 heteroatoms. The highest BCUT2D eigenvalue weighted by Crippen LogP contribution is 2.23. The van der Waals surface area contributed by atoms with Crippen molar-refractivity contribution in [3.63, 3.8) is 0 Å². The first-order valence-corrected chi connectivity index (χ1v) is 8.54. The average Bonchev–Trinajstić information content (AvgIpc) is 3.05. The maximum Gasteiger partial charge on any atom is 0.255 e. The minimum absolute atomic E-state index is 0.0268. The molecule has 0 bridgehead atoms. The van der Waals surface area contributed by atoms with Gasteiger partial charge in [0.2, 0.25) is 5.91 Å². The molecular weight excluding hydrogens is 360 g/mol. The summed E-state index contributed by atoms with van der Waals surface area (Å²) in [6, 6.07) is 6.62. The highest BCUT2D eigenvalue weighted by molar-refractivity contribution is 6.34. The lowest BCUT2D eigenvalue weighted by Gasteiger charge is -2.27. The Hall–Kier alpha value is -2.58. The molecule has 0 radical (unpaired) electrons. The number of ether oxygens (including phenoxy) is 1. The van der Waals surface area contributed by atoms with E-state index in [0.29, 0.717) is 54.2 Å². The van der Waals surface area contributed by atoms with Crippen LogP contribution in [0.4, 0.5) is 11.5 Å². The van der Waals surface area contributed by atoms with Crippen molar-refractivity contribution in [2.45, 2.75) is 6.92 Å². The zero-order valence-corrected chi connectivity index (χ0v) is 15.0. The van der Waals surface area contributed by atoms with Crippen molar-refractivity contribution in [2.75, 3.05) is 43.5 Å². The van der Waals surface area contributed by atoms with Gasteiger partial charge >= 0.3 is 0 Å². The van der Waals surface area contributed by atoms with E-state index in [9.17, 15) is 9.59 Å². The van der Waals surface area contributed by atoms with Crippen LogP contribution >= 0.6 is 11.6 Å². The summed E-state index contributed by atoms with van der Waals surface area (Å²) in [5.41, 5.74) is 1.07. The number of hydrogen-bond acceptors (Lipinski definition) is 6. The SMILES string of the molecule is Cc1cc(NC(=O)CNc2ccc(C(=O)N3CCOCC3)c(Cl)c2)no1. The van der Waals surface area contributed by atoms with Crippen LogP contribution in [-0.4, -0.2) is 54.7 Å². The van der Waals surface area contributed by atoms with Crippen LogP contribution in [0, 0.1) is 6.92 Å². The van der Waals surface area contributed by atoms with Crippen LogP contribution in [0.25, 0.3) is 0 Å². The maximum absolute atomic E-state index is 12.5. The van der Waals surface area contributed by atoms with Crippen molar-refractivity contribution in [2.24, 2.45) is 0 Å². The summed E-state index contributed by atoms with van der Waals surface area (Å²) in [7, 11) is 0. The summed E-state index contributed by atoms with van der Waals surface area (Å²) in [5, 5.41) is 9.59. The van der Waals surface area contributed by atoms with Crippen molar-refractivity contribution >= 4 is 34.9 Å². The number of carbonyl (C=O) groups excluding carboxylic acids is 2. The number of halogens is 1. The van der Waals surface area contributed by atoms with Crippen molar-refractivity contribution in [3.8, 4) is 0 Å². The van der Waals surface area contributed by atoms with Gasteiger partial charge in [-0.15, -0.1) is 0 Å². The number of amides is 2. The summed E-state index contributed by atoms with van der Waals surface area (Å²) in [6.07, 6.45) is 0. The van der Waals surface area contributed by atoms with Gasteiger partial charge in [-0.2, -0.15) is 0 Å². The average molecular weight is 379 g/mol. The van der Waals surface area contributed by atoms with Crippen LogP contribution in [0.15, 0.2) is 28.8 Å². The van der Waals surface area contributed by atoms with E-state index in [1.165, 1.54) is 0 Å². The summed E-state index contributed by atoms with van der Waals surface area (Å²) in [5.74, 6) is 0.575. The fourth-order valence-electron chi connectivity index (χ4n) is 2.53. The molecule has 0 spiro atoms. The molecule has 1 aliphatic rings. The number of carbonyl (C=O) groups is 2. The number of rotatable bonds is 5. The molecule has 1 aliphatic heterocycles. The molecule has 138 valence electrons. The molecule has 0 atom stereocenters. The Morgan fingerprint density at radius 3 is 2.69 bits per heavy atom. The van der Waals surface area contributed by atoms with E-state index >= 15 is 0 Å². The predicted molar refractivity (Wildman–Crippen MR) is 96.5 cm³/mol. The van der Waals surface area contributed by atoms with Gasteiger partial charge in [-0.3, -0.25) is 9.59 Å². The van der Waals surface area contributed by atoms with Gasteiger partial charge in [0.05, 0.1) is 30.3 Å². The number of aryl methyl sites for hydroxylation is 1. The normalized spacial score (nSPS) is 14.2. The second kappa shape index (κ2) is 8.20. The van der Waals surface area contributed by atoms with Gasteiger partial charge in [-0.1, -0.05) is 16.8 Å². The molecule has 2 N–H and O–H groups in total. The number of benzene rings is 1. The van der Waals surface area contributed by atoms with E-state index in [1.807, 2.05) is 0 Å². The second-order valence-electron chi connectivity index (χ2n) is 5.82. The fourth-order valence-corrected chi connectivity index (χ4v) is 2.79. The molecule has 1 aromatic carbocycles. The Morgan fingerprint density at radius 2 is 2.04 bits per heavy atom. The Morgan fingerprint density at radius 1 is 1.27 bits per heavy atom. The first kappa shape index (κ1) is 18.2. The first-order valence-electron chi connectivity index (χ1n) is 8.16. The molecule has 0 unspecified atom stereocenters. The van der Waals surface area contributed by atoms with E-state index in [-0.39, 0.29) is 18.4 Å². The quantitative estimate of drug-likeness (QED) is 0.827. The molecule has 0 saturated carbocycles. The minimum Gasteiger partial charge on any atom is -0.378 e. The van der Waals surface area contributed by atoms with Gasteiger partial charge in [-0.05, 0) is 25.1 Å². The fraction of sp³-hybridized carbons (Fsp3) is 0.353. The summed E-state index contributed by atoms with van der Waals surface area (Å²) < 4.78 is 10.1. The number of nitrogens with zero attached hydrogens (tertiary/aromatic N) is 2. The summed E-state index contributed by atoms with van der Waals surface area (Å²) in [4.78, 5) is 26.1. The molecule has 1 saturated heterocycles. The van der Waals surface area contributed by atoms with Crippen LogP contribution in [-0.2, 0) is 9.53 Å². The maximum atomic E-state index is 12.5. The molecule has 3 rings (SSSR count). The third kappa shape index (κ3) is 4.53. The second-order valence-corrected chi connectivity index (χ2v) is 6.23. The number of nitrogens with one attached hydrogen (secondary N) is 2. The zero-order chi connectivity index (χ0) is 18.5. The first-order chi connectivity index (χ1) is 12.5.